The molecule has 1 atom stereocenters. The minimum atomic E-state index is -3.39. The largest absolute Gasteiger partial charge is 0.374 e. The average Bonchev–Trinajstić information content (AvgIpc) is 2.04. The van der Waals surface area contributed by atoms with Crippen molar-refractivity contribution in [2.24, 2.45) is 0 Å². The molecule has 0 heterocycles. The van der Waals surface area contributed by atoms with Gasteiger partial charge in [-0.2, -0.15) is 8.78 Å². The predicted octanol–water partition coefficient (Wildman–Crippen LogP) is 2.81. The van der Waals surface area contributed by atoms with Gasteiger partial charge in [-0.05, 0) is 11.8 Å². The second kappa shape index (κ2) is 4.82. The highest BCUT2D eigenvalue weighted by Crippen LogP contribution is 2.51. The maximum absolute atomic E-state index is 12.5. The van der Waals surface area contributed by atoms with E-state index < -0.39 is 18.5 Å². The summed E-state index contributed by atoms with van der Waals surface area (Å²) >= 11 is 9.70. The highest BCUT2D eigenvalue weighted by Gasteiger charge is 2.35. The molecule has 0 fully saturated rings. The first-order valence-corrected chi connectivity index (χ1v) is 6.54. The Labute approximate surface area is 80.4 Å². The second-order valence-corrected chi connectivity index (χ2v) is 6.31. The second-order valence-electron chi connectivity index (χ2n) is 1.97. The summed E-state index contributed by atoms with van der Waals surface area (Å²) in [7, 11) is 1.26. The highest BCUT2D eigenvalue weighted by atomic mass is 35.5. The van der Waals surface area contributed by atoms with Crippen LogP contribution in [0, 0.1) is 0 Å². The third-order valence-corrected chi connectivity index (χ3v) is 4.73. The van der Waals surface area contributed by atoms with Gasteiger partial charge in [0.05, 0.1) is 0 Å². The van der Waals surface area contributed by atoms with Crippen molar-refractivity contribution in [1.82, 2.24) is 0 Å². The number of hydrogen-bond donors (Lipinski definition) is 0. The van der Waals surface area contributed by atoms with E-state index in [0.29, 0.717) is 0 Å². The molecule has 0 saturated carbocycles. The first-order chi connectivity index (χ1) is 5.39. The normalized spacial score (nSPS) is 17.4. The molecular weight excluding hydrogens is 229 g/mol. The fraction of sp³-hybridized carbons (Fsp3) is 1.00. The van der Waals surface area contributed by atoms with Crippen LogP contribution in [0.5, 0.6) is 0 Å². The lowest BCUT2D eigenvalue weighted by Gasteiger charge is -2.23. The Morgan fingerprint density at radius 2 is 2.08 bits per heavy atom. The molecule has 74 valence electrons. The van der Waals surface area contributed by atoms with E-state index in [-0.39, 0.29) is 6.16 Å². The van der Waals surface area contributed by atoms with Gasteiger partial charge in [0.15, 0.2) is 6.49 Å². The molecule has 0 aliphatic rings. The third kappa shape index (κ3) is 4.10. The first kappa shape index (κ1) is 12.7. The van der Waals surface area contributed by atoms with Crippen LogP contribution in [0.4, 0.5) is 8.78 Å². The van der Waals surface area contributed by atoms with Gasteiger partial charge in [0, 0.05) is 13.3 Å². The van der Waals surface area contributed by atoms with E-state index in [1.165, 1.54) is 7.11 Å². The van der Waals surface area contributed by atoms with Gasteiger partial charge < -0.3 is 4.52 Å². The zero-order chi connectivity index (χ0) is 9.83. The van der Waals surface area contributed by atoms with Gasteiger partial charge in [-0.3, -0.25) is 4.52 Å². The highest BCUT2D eigenvalue weighted by molar-refractivity contribution is 8.09. The van der Waals surface area contributed by atoms with E-state index in [2.05, 4.69) is 9.05 Å². The standard InChI is InChI=1S/C5H10ClF2O2PS/c1-3-11(12,9-2)10-5(7,8)4-6/h3-4H2,1-2H3. The average molecular weight is 239 g/mol. The Bertz CT molecular complexity index is 182. The molecule has 2 nitrogen and oxygen atoms in total. The van der Waals surface area contributed by atoms with Crippen molar-refractivity contribution >= 4 is 29.9 Å². The lowest BCUT2D eigenvalue weighted by Crippen LogP contribution is -2.22. The Kier molecular flexibility index (Phi) is 5.11. The maximum atomic E-state index is 12.5. The predicted molar refractivity (Wildman–Crippen MR) is 48.6 cm³/mol. The maximum Gasteiger partial charge on any atom is 0.374 e. The number of hydrogen-bond acceptors (Lipinski definition) is 3. The Balaban J connectivity index is 4.31. The van der Waals surface area contributed by atoms with Gasteiger partial charge in [0.25, 0.3) is 0 Å². The minimum absolute atomic E-state index is 0.255. The van der Waals surface area contributed by atoms with Gasteiger partial charge in [-0.25, -0.2) is 0 Å². The fourth-order valence-corrected chi connectivity index (χ4v) is 1.85. The molecule has 0 spiro atoms. The molecule has 0 aromatic carbocycles. The molecule has 0 aliphatic carbocycles. The van der Waals surface area contributed by atoms with Crippen LogP contribution in [0.15, 0.2) is 0 Å². The summed E-state index contributed by atoms with van der Waals surface area (Å²) in [5.41, 5.74) is 0. The van der Waals surface area contributed by atoms with Crippen LogP contribution in [-0.4, -0.2) is 25.3 Å². The molecule has 0 aromatic rings. The topological polar surface area (TPSA) is 18.5 Å². The first-order valence-electron chi connectivity index (χ1n) is 3.18. The summed E-state index contributed by atoms with van der Waals surface area (Å²) < 4.78 is 34.1. The van der Waals surface area contributed by atoms with Crippen molar-refractivity contribution < 1.29 is 17.8 Å². The van der Waals surface area contributed by atoms with E-state index >= 15 is 0 Å². The van der Waals surface area contributed by atoms with Crippen LogP contribution < -0.4 is 0 Å². The quantitative estimate of drug-likeness (QED) is 0.542. The van der Waals surface area contributed by atoms with Crippen LogP contribution in [0.2, 0.25) is 0 Å². The van der Waals surface area contributed by atoms with Gasteiger partial charge in [0.2, 0.25) is 0 Å². The monoisotopic (exact) mass is 238 g/mol. The Hall–Kier alpha value is 0.720. The summed E-state index contributed by atoms with van der Waals surface area (Å²) in [4.78, 5) is 0. The molecule has 7 heteroatoms. The summed E-state index contributed by atoms with van der Waals surface area (Å²) in [6, 6.07) is 0. The Morgan fingerprint density at radius 3 is 2.33 bits per heavy atom. The van der Waals surface area contributed by atoms with E-state index in [0.717, 1.165) is 0 Å². The number of rotatable bonds is 5. The lowest BCUT2D eigenvalue weighted by molar-refractivity contribution is -0.155. The van der Waals surface area contributed by atoms with Crippen molar-refractivity contribution in [2.45, 2.75) is 13.0 Å². The van der Waals surface area contributed by atoms with E-state index in [4.69, 9.17) is 23.4 Å². The van der Waals surface area contributed by atoms with Crippen LogP contribution in [0.3, 0.4) is 0 Å². The SMILES string of the molecule is CCP(=S)(OC)OC(F)(F)CCl. The van der Waals surface area contributed by atoms with Crippen LogP contribution in [0.1, 0.15) is 6.92 Å². The van der Waals surface area contributed by atoms with Crippen LogP contribution in [-0.2, 0) is 20.9 Å². The molecule has 0 aromatic heterocycles. The van der Waals surface area contributed by atoms with E-state index in [9.17, 15) is 8.78 Å². The molecule has 1 unspecified atom stereocenters. The summed E-state index contributed by atoms with van der Waals surface area (Å²) in [6.07, 6.45) is -3.13. The molecule has 0 saturated heterocycles. The van der Waals surface area contributed by atoms with Gasteiger partial charge >= 0.3 is 6.11 Å². The zero-order valence-electron chi connectivity index (χ0n) is 6.72. The van der Waals surface area contributed by atoms with Crippen molar-refractivity contribution in [3.05, 3.63) is 0 Å². The van der Waals surface area contributed by atoms with E-state index in [1.807, 2.05) is 0 Å². The summed E-state index contributed by atoms with van der Waals surface area (Å²) in [5.74, 6) is -0.908. The molecule has 0 radical (unpaired) electrons. The molecular formula is C5H10ClF2O2PS. The van der Waals surface area contributed by atoms with Gasteiger partial charge in [0.1, 0.15) is 5.88 Å². The minimum Gasteiger partial charge on any atom is -0.333 e. The molecule has 0 amide bonds. The zero-order valence-corrected chi connectivity index (χ0v) is 9.19. The summed E-state index contributed by atoms with van der Waals surface area (Å²) in [6.45, 7) is -1.19. The smallest absolute Gasteiger partial charge is 0.333 e. The molecule has 0 bridgehead atoms. The van der Waals surface area contributed by atoms with Crippen molar-refractivity contribution in [3.8, 4) is 0 Å². The van der Waals surface area contributed by atoms with Crippen molar-refractivity contribution in [2.75, 3.05) is 19.2 Å². The lowest BCUT2D eigenvalue weighted by atomic mass is 10.8. The van der Waals surface area contributed by atoms with Crippen molar-refractivity contribution in [3.63, 3.8) is 0 Å². The molecule has 0 N–H and O–H groups in total. The Morgan fingerprint density at radius 1 is 1.58 bits per heavy atom. The fourth-order valence-electron chi connectivity index (χ4n) is 0.459. The third-order valence-electron chi connectivity index (χ3n) is 1.09. The molecule has 12 heavy (non-hydrogen) atoms. The van der Waals surface area contributed by atoms with Gasteiger partial charge in [-0.15, -0.1) is 11.6 Å². The van der Waals surface area contributed by atoms with Crippen LogP contribution in [0.25, 0.3) is 0 Å². The van der Waals surface area contributed by atoms with Crippen LogP contribution >= 0.6 is 18.1 Å². The van der Waals surface area contributed by atoms with E-state index in [1.54, 1.807) is 6.92 Å². The number of halogens is 3. The van der Waals surface area contributed by atoms with Gasteiger partial charge in [-0.1, -0.05) is 6.92 Å². The number of alkyl halides is 3. The van der Waals surface area contributed by atoms with Crippen molar-refractivity contribution in [1.29, 1.82) is 0 Å². The molecule has 0 aliphatic heterocycles. The molecule has 0 rings (SSSR count). The summed E-state index contributed by atoms with van der Waals surface area (Å²) in [5, 5.41) is 0.